The molecule has 3 aromatic carbocycles. The number of nitrogens with zero attached hydrogens (tertiary/aromatic N) is 3. The predicted octanol–water partition coefficient (Wildman–Crippen LogP) is 6.65. The average molecular weight is 550 g/mol. The van der Waals surface area contributed by atoms with Crippen LogP contribution in [0, 0.1) is 17.0 Å². The summed E-state index contributed by atoms with van der Waals surface area (Å²) in [6.07, 6.45) is 1.54. The van der Waals surface area contributed by atoms with Crippen molar-refractivity contribution in [3.05, 3.63) is 93.5 Å². The molecule has 0 aromatic heterocycles. The fraction of sp³-hybridized carbons (Fsp3) is 0.276. The third-order valence-corrected chi connectivity index (χ3v) is 6.92. The molecule has 0 spiro atoms. The average Bonchev–Trinajstić information content (AvgIpc) is 2.91. The maximum Gasteiger partial charge on any atom is 0.326 e. The minimum absolute atomic E-state index is 0.120. The Morgan fingerprint density at radius 3 is 2.49 bits per heavy atom. The van der Waals surface area contributed by atoms with Gasteiger partial charge in [0.1, 0.15) is 11.8 Å². The van der Waals surface area contributed by atoms with Gasteiger partial charge in [-0.2, -0.15) is 0 Å². The summed E-state index contributed by atoms with van der Waals surface area (Å²) in [7, 11) is 0. The van der Waals surface area contributed by atoms with Gasteiger partial charge in [-0.3, -0.25) is 14.9 Å². The van der Waals surface area contributed by atoms with Gasteiger partial charge in [0.05, 0.1) is 17.2 Å². The molecule has 0 aliphatic rings. The highest BCUT2D eigenvalue weighted by Crippen LogP contribution is 2.32. The Morgan fingerprint density at radius 1 is 1.15 bits per heavy atom. The molecule has 204 valence electrons. The smallest absolute Gasteiger partial charge is 0.326 e. The molecule has 0 aliphatic carbocycles. The van der Waals surface area contributed by atoms with E-state index >= 15 is 0 Å². The number of carboxylic acid groups (broad SMARTS) is 1. The number of ether oxygens (including phenoxy) is 1. The molecule has 9 nitrogen and oxygen atoms in total. The number of non-ortho nitro benzene ring substituents is 1. The number of thioether (sulfide) groups is 1. The monoisotopic (exact) mass is 549 g/mol. The van der Waals surface area contributed by atoms with Crippen molar-refractivity contribution in [2.45, 2.75) is 51.1 Å². The second-order valence-corrected chi connectivity index (χ2v) is 9.79. The molecule has 0 radical (unpaired) electrons. The number of carbonyl (C=O) groups is 2. The zero-order valence-corrected chi connectivity index (χ0v) is 22.9. The molecule has 3 aromatic rings. The molecule has 1 unspecified atom stereocenters. The number of rotatable bonds is 12. The molecule has 0 bridgehead atoms. The first-order valence-electron chi connectivity index (χ1n) is 12.5. The Kier molecular flexibility index (Phi) is 10.6. The van der Waals surface area contributed by atoms with Gasteiger partial charge in [0, 0.05) is 29.1 Å². The summed E-state index contributed by atoms with van der Waals surface area (Å²) in [5, 5.41) is 21.9. The lowest BCUT2D eigenvalue weighted by molar-refractivity contribution is -0.384. The van der Waals surface area contributed by atoms with Gasteiger partial charge in [-0.1, -0.05) is 49.4 Å². The lowest BCUT2D eigenvalue weighted by Gasteiger charge is -2.32. The predicted molar refractivity (Wildman–Crippen MR) is 152 cm³/mol. The fourth-order valence-electron chi connectivity index (χ4n) is 3.94. The number of amidine groups is 1. The fourth-order valence-corrected chi connectivity index (χ4v) is 4.96. The van der Waals surface area contributed by atoms with Crippen molar-refractivity contribution in [3.63, 3.8) is 0 Å². The zero-order valence-electron chi connectivity index (χ0n) is 22.1. The Bertz CT molecular complexity index is 1340. The number of hydrogen-bond acceptors (Lipinski definition) is 7. The van der Waals surface area contributed by atoms with E-state index in [-0.39, 0.29) is 17.8 Å². The summed E-state index contributed by atoms with van der Waals surface area (Å²) in [5.74, 6) is -0.291. The minimum atomic E-state index is -1.00. The summed E-state index contributed by atoms with van der Waals surface area (Å²) in [5.41, 5.74) is 2.35. The molecule has 10 heteroatoms. The van der Waals surface area contributed by atoms with E-state index in [1.165, 1.54) is 18.2 Å². The van der Waals surface area contributed by atoms with Crippen LogP contribution in [0.1, 0.15) is 48.2 Å². The van der Waals surface area contributed by atoms with Gasteiger partial charge in [0.2, 0.25) is 0 Å². The standard InChI is InChI=1S/C29H31N3O6S/c1-4-7-26(28(34)35)31(18-21-10-13-25(14-11-21)38-5-2)29(30-23-9-6-8-20(3)16-23)39-27-15-12-24(32(36)37)17-22(27)19-33/h6,8-17,19,26H,4-5,7,18H2,1-3H3,(H,34,35). The summed E-state index contributed by atoms with van der Waals surface area (Å²) >= 11 is 1.11. The SMILES string of the molecule is CCCC(C(=O)O)N(Cc1ccc(OCC)cc1)C(=Nc1cccc(C)c1)Sc1ccc([N+](=O)[O-])cc1C=O. The van der Waals surface area contributed by atoms with Crippen molar-refractivity contribution in [2.75, 3.05) is 6.61 Å². The van der Waals surface area contributed by atoms with Crippen LogP contribution in [0.2, 0.25) is 0 Å². The molecule has 0 fully saturated rings. The first-order valence-corrected chi connectivity index (χ1v) is 13.3. The van der Waals surface area contributed by atoms with Crippen molar-refractivity contribution in [3.8, 4) is 5.75 Å². The Balaban J connectivity index is 2.15. The Morgan fingerprint density at radius 2 is 1.90 bits per heavy atom. The molecular formula is C29H31N3O6S. The van der Waals surface area contributed by atoms with Crippen LogP contribution in [-0.4, -0.2) is 45.0 Å². The number of aryl methyl sites for hydroxylation is 1. The van der Waals surface area contributed by atoms with Gasteiger partial charge in [0.25, 0.3) is 5.69 Å². The molecule has 0 heterocycles. The molecular weight excluding hydrogens is 518 g/mol. The molecule has 0 saturated heterocycles. The number of benzene rings is 3. The van der Waals surface area contributed by atoms with Gasteiger partial charge in [-0.15, -0.1) is 0 Å². The second kappa shape index (κ2) is 14.1. The van der Waals surface area contributed by atoms with Crippen LogP contribution in [0.3, 0.4) is 0 Å². The van der Waals surface area contributed by atoms with Gasteiger partial charge in [-0.25, -0.2) is 9.79 Å². The number of aldehydes is 1. The lowest BCUT2D eigenvalue weighted by atomic mass is 10.1. The normalized spacial score (nSPS) is 12.0. The van der Waals surface area contributed by atoms with Crippen LogP contribution in [0.4, 0.5) is 11.4 Å². The molecule has 39 heavy (non-hydrogen) atoms. The first-order chi connectivity index (χ1) is 18.7. The molecule has 0 saturated carbocycles. The quantitative estimate of drug-likeness (QED) is 0.0665. The van der Waals surface area contributed by atoms with Crippen LogP contribution in [0.15, 0.2) is 76.6 Å². The van der Waals surface area contributed by atoms with E-state index < -0.39 is 16.9 Å². The lowest BCUT2D eigenvalue weighted by Crippen LogP contribution is -2.43. The molecule has 3 rings (SSSR count). The number of nitro benzene ring substituents is 1. The third kappa shape index (κ3) is 8.15. The van der Waals surface area contributed by atoms with Crippen molar-refractivity contribution in [1.82, 2.24) is 4.90 Å². The van der Waals surface area contributed by atoms with E-state index in [1.54, 1.807) is 4.90 Å². The molecule has 1 atom stereocenters. The third-order valence-electron chi connectivity index (χ3n) is 5.82. The van der Waals surface area contributed by atoms with Gasteiger partial charge >= 0.3 is 5.97 Å². The second-order valence-electron chi connectivity index (χ2n) is 8.78. The number of carbonyl (C=O) groups excluding carboxylic acids is 1. The summed E-state index contributed by atoms with van der Waals surface area (Å²) in [4.78, 5) is 42.1. The Labute approximate surface area is 231 Å². The number of aliphatic carboxylic acids is 1. The van der Waals surface area contributed by atoms with Crippen LogP contribution in [0.5, 0.6) is 5.75 Å². The van der Waals surface area contributed by atoms with Gasteiger partial charge in [-0.05, 0) is 61.7 Å². The van der Waals surface area contributed by atoms with Gasteiger partial charge in [0.15, 0.2) is 11.5 Å². The highest BCUT2D eigenvalue weighted by molar-refractivity contribution is 8.13. The highest BCUT2D eigenvalue weighted by atomic mass is 32.2. The van der Waals surface area contributed by atoms with E-state index in [2.05, 4.69) is 0 Å². The maximum absolute atomic E-state index is 12.5. The number of aliphatic imine (C=N–C) groups is 1. The number of nitro groups is 1. The highest BCUT2D eigenvalue weighted by Gasteiger charge is 2.29. The Hall–Kier alpha value is -4.18. The van der Waals surface area contributed by atoms with Crippen LogP contribution in [-0.2, 0) is 11.3 Å². The van der Waals surface area contributed by atoms with Crippen LogP contribution >= 0.6 is 11.8 Å². The number of hydrogen-bond donors (Lipinski definition) is 1. The summed E-state index contributed by atoms with van der Waals surface area (Å²) in [6, 6.07) is 18.0. The van der Waals surface area contributed by atoms with Crippen molar-refractivity contribution in [1.29, 1.82) is 0 Å². The molecule has 0 aliphatic heterocycles. The number of carboxylic acids is 1. The minimum Gasteiger partial charge on any atom is -0.494 e. The molecule has 0 amide bonds. The van der Waals surface area contributed by atoms with E-state index in [0.29, 0.717) is 47.2 Å². The first kappa shape index (κ1) is 29.4. The molecule has 1 N–H and O–H groups in total. The van der Waals surface area contributed by atoms with Crippen molar-refractivity contribution >= 4 is 40.6 Å². The van der Waals surface area contributed by atoms with Crippen molar-refractivity contribution in [2.24, 2.45) is 4.99 Å². The summed E-state index contributed by atoms with van der Waals surface area (Å²) < 4.78 is 5.54. The van der Waals surface area contributed by atoms with Crippen LogP contribution < -0.4 is 4.74 Å². The van der Waals surface area contributed by atoms with Crippen LogP contribution in [0.25, 0.3) is 0 Å². The zero-order chi connectivity index (χ0) is 28.4. The van der Waals surface area contributed by atoms with E-state index in [0.717, 1.165) is 22.9 Å². The van der Waals surface area contributed by atoms with Crippen molar-refractivity contribution < 1.29 is 24.4 Å². The maximum atomic E-state index is 12.5. The summed E-state index contributed by atoms with van der Waals surface area (Å²) in [6.45, 7) is 6.50. The largest absolute Gasteiger partial charge is 0.494 e. The van der Waals surface area contributed by atoms with E-state index in [1.807, 2.05) is 69.3 Å². The topological polar surface area (TPSA) is 122 Å². The van der Waals surface area contributed by atoms with Gasteiger partial charge < -0.3 is 14.7 Å². The van der Waals surface area contributed by atoms with E-state index in [4.69, 9.17) is 9.73 Å². The van der Waals surface area contributed by atoms with E-state index in [9.17, 15) is 24.8 Å².